The summed E-state index contributed by atoms with van der Waals surface area (Å²) < 4.78 is 31.0. The van der Waals surface area contributed by atoms with Gasteiger partial charge in [-0.1, -0.05) is 36.4 Å². The number of sulfonamides is 1. The molecule has 28 heavy (non-hydrogen) atoms. The van der Waals surface area contributed by atoms with Crippen LogP contribution >= 0.6 is 0 Å². The van der Waals surface area contributed by atoms with E-state index in [1.807, 2.05) is 36.4 Å². The number of benzene rings is 2. The second-order valence-corrected chi connectivity index (χ2v) is 8.21. The summed E-state index contributed by atoms with van der Waals surface area (Å²) >= 11 is 0. The molecular formula is C20H24N2O5S. The topological polar surface area (TPSA) is 95.9 Å². The van der Waals surface area contributed by atoms with Gasteiger partial charge >= 0.3 is 5.97 Å². The van der Waals surface area contributed by atoms with Crippen molar-refractivity contribution in [3.63, 3.8) is 0 Å². The van der Waals surface area contributed by atoms with E-state index >= 15 is 0 Å². The highest BCUT2D eigenvalue weighted by Crippen LogP contribution is 2.23. The molecular weight excluding hydrogens is 380 g/mol. The Hall–Kier alpha value is -2.68. The Kier molecular flexibility index (Phi) is 7.74. The normalized spacial score (nSPS) is 11.7. The third-order valence-corrected chi connectivity index (χ3v) is 5.65. The van der Waals surface area contributed by atoms with Gasteiger partial charge in [-0.3, -0.25) is 0 Å². The molecule has 0 spiro atoms. The highest BCUT2D eigenvalue weighted by molar-refractivity contribution is 7.89. The molecule has 0 atom stereocenters. The molecule has 0 heterocycles. The third-order valence-electron chi connectivity index (χ3n) is 3.84. The summed E-state index contributed by atoms with van der Waals surface area (Å²) in [5, 5.41) is 11.9. The van der Waals surface area contributed by atoms with E-state index in [0.717, 1.165) is 9.87 Å². The highest BCUT2D eigenvalue weighted by Gasteiger charge is 2.21. The predicted molar refractivity (Wildman–Crippen MR) is 109 cm³/mol. The maximum Gasteiger partial charge on any atom is 0.340 e. The Morgan fingerprint density at radius 2 is 1.89 bits per heavy atom. The molecule has 0 bridgehead atoms. The lowest BCUT2D eigenvalue weighted by Gasteiger charge is -2.15. The Morgan fingerprint density at radius 3 is 2.54 bits per heavy atom. The van der Waals surface area contributed by atoms with Gasteiger partial charge in [0, 0.05) is 26.3 Å². The molecule has 0 unspecified atom stereocenters. The number of aliphatic hydroxyl groups is 1. The van der Waals surface area contributed by atoms with Gasteiger partial charge in [0.2, 0.25) is 10.0 Å². The zero-order valence-electron chi connectivity index (χ0n) is 15.8. The first kappa shape index (κ1) is 21.6. The molecule has 2 N–H and O–H groups in total. The molecule has 0 aromatic heterocycles. The van der Waals surface area contributed by atoms with Crippen molar-refractivity contribution in [1.29, 1.82) is 0 Å². The number of hydrogen-bond donors (Lipinski definition) is 2. The van der Waals surface area contributed by atoms with Gasteiger partial charge in [-0.05, 0) is 29.8 Å². The number of nitrogens with one attached hydrogen (secondary N) is 1. The minimum Gasteiger partial charge on any atom is -0.458 e. The first-order chi connectivity index (χ1) is 13.4. The number of esters is 1. The molecule has 0 radical (unpaired) electrons. The van der Waals surface area contributed by atoms with E-state index in [0.29, 0.717) is 5.69 Å². The Morgan fingerprint density at radius 1 is 1.18 bits per heavy atom. The molecule has 150 valence electrons. The maximum absolute atomic E-state index is 12.5. The van der Waals surface area contributed by atoms with Gasteiger partial charge in [0.25, 0.3) is 0 Å². The minimum atomic E-state index is -3.70. The average Bonchev–Trinajstić information content (AvgIpc) is 2.70. The fourth-order valence-corrected chi connectivity index (χ4v) is 3.29. The number of rotatable bonds is 9. The van der Waals surface area contributed by atoms with Crippen LogP contribution in [0.25, 0.3) is 6.08 Å². The van der Waals surface area contributed by atoms with Crippen LogP contribution < -0.4 is 5.32 Å². The van der Waals surface area contributed by atoms with Crippen molar-refractivity contribution in [2.75, 3.05) is 39.2 Å². The van der Waals surface area contributed by atoms with Crippen LogP contribution in [-0.2, 0) is 14.8 Å². The smallest absolute Gasteiger partial charge is 0.340 e. The first-order valence-electron chi connectivity index (χ1n) is 8.66. The van der Waals surface area contributed by atoms with Crippen LogP contribution in [0.2, 0.25) is 0 Å². The van der Waals surface area contributed by atoms with Crippen molar-refractivity contribution in [3.05, 3.63) is 65.7 Å². The van der Waals surface area contributed by atoms with Crippen LogP contribution in [0.3, 0.4) is 0 Å². The number of aliphatic hydroxyl groups excluding tert-OH is 1. The molecule has 2 rings (SSSR count). The van der Waals surface area contributed by atoms with Crippen LogP contribution in [0.1, 0.15) is 15.9 Å². The lowest BCUT2D eigenvalue weighted by atomic mass is 10.1. The van der Waals surface area contributed by atoms with Gasteiger partial charge < -0.3 is 15.2 Å². The Bertz CT molecular complexity index is 925. The molecule has 0 saturated heterocycles. The van der Waals surface area contributed by atoms with E-state index in [1.54, 1.807) is 6.08 Å². The van der Waals surface area contributed by atoms with Gasteiger partial charge in [0.05, 0.1) is 17.1 Å². The monoisotopic (exact) mass is 404 g/mol. The van der Waals surface area contributed by atoms with Crippen LogP contribution in [0.5, 0.6) is 0 Å². The largest absolute Gasteiger partial charge is 0.458 e. The summed E-state index contributed by atoms with van der Waals surface area (Å²) in [5.41, 5.74) is 1.45. The number of carbonyl (C=O) groups is 1. The minimum absolute atomic E-state index is 0.0150. The van der Waals surface area contributed by atoms with Crippen LogP contribution in [0.4, 0.5) is 5.69 Å². The quantitative estimate of drug-likeness (QED) is 0.622. The van der Waals surface area contributed by atoms with Crippen molar-refractivity contribution in [1.82, 2.24) is 4.31 Å². The molecule has 0 aliphatic rings. The van der Waals surface area contributed by atoms with Gasteiger partial charge in [0.15, 0.2) is 0 Å². The number of nitrogens with zero attached hydrogens (tertiary/aromatic N) is 1. The van der Waals surface area contributed by atoms with Crippen LogP contribution in [0, 0.1) is 0 Å². The Labute approximate surface area is 165 Å². The fourth-order valence-electron chi connectivity index (χ4n) is 2.36. The van der Waals surface area contributed by atoms with Gasteiger partial charge in [0.1, 0.15) is 6.61 Å². The first-order valence-corrected chi connectivity index (χ1v) is 10.1. The molecule has 0 fully saturated rings. The summed E-state index contributed by atoms with van der Waals surface area (Å²) in [6, 6.07) is 13.7. The zero-order chi connectivity index (χ0) is 20.6. The van der Waals surface area contributed by atoms with E-state index < -0.39 is 16.0 Å². The number of hydrogen-bond acceptors (Lipinski definition) is 6. The van der Waals surface area contributed by atoms with E-state index in [2.05, 4.69) is 5.32 Å². The zero-order valence-corrected chi connectivity index (χ0v) is 16.6. The molecule has 0 saturated carbocycles. The predicted octanol–water partition coefficient (Wildman–Crippen LogP) is 2.21. The van der Waals surface area contributed by atoms with Gasteiger partial charge in [-0.25, -0.2) is 17.5 Å². The summed E-state index contributed by atoms with van der Waals surface area (Å²) in [5.74, 6) is -0.658. The molecule has 0 aliphatic carbocycles. The van der Waals surface area contributed by atoms with Gasteiger partial charge in [-0.2, -0.15) is 0 Å². The highest BCUT2D eigenvalue weighted by atomic mass is 32.2. The van der Waals surface area contributed by atoms with Crippen molar-refractivity contribution in [2.24, 2.45) is 0 Å². The molecule has 2 aromatic carbocycles. The van der Waals surface area contributed by atoms with E-state index in [-0.39, 0.29) is 30.2 Å². The van der Waals surface area contributed by atoms with Crippen LogP contribution in [0.15, 0.2) is 59.5 Å². The van der Waals surface area contributed by atoms with Gasteiger partial charge in [-0.15, -0.1) is 0 Å². The summed E-state index contributed by atoms with van der Waals surface area (Å²) in [6.45, 7) is 0.123. The van der Waals surface area contributed by atoms with Crippen LogP contribution in [-0.4, -0.2) is 57.7 Å². The lowest BCUT2D eigenvalue weighted by Crippen LogP contribution is -2.23. The summed E-state index contributed by atoms with van der Waals surface area (Å²) in [7, 11) is -0.864. The van der Waals surface area contributed by atoms with Crippen molar-refractivity contribution < 1.29 is 23.1 Å². The van der Waals surface area contributed by atoms with E-state index in [1.165, 1.54) is 32.3 Å². The molecule has 2 aromatic rings. The molecule has 0 aliphatic heterocycles. The molecule has 7 nitrogen and oxygen atoms in total. The maximum atomic E-state index is 12.5. The third kappa shape index (κ3) is 5.66. The van der Waals surface area contributed by atoms with Crippen molar-refractivity contribution >= 4 is 27.8 Å². The van der Waals surface area contributed by atoms with E-state index in [9.17, 15) is 13.2 Å². The second-order valence-electron chi connectivity index (χ2n) is 6.06. The van der Waals surface area contributed by atoms with Crippen molar-refractivity contribution in [3.8, 4) is 0 Å². The fraction of sp³-hybridized carbons (Fsp3) is 0.250. The van der Waals surface area contributed by atoms with Crippen molar-refractivity contribution in [2.45, 2.75) is 4.90 Å². The summed E-state index contributed by atoms with van der Waals surface area (Å²) in [4.78, 5) is 12.5. The average molecular weight is 404 g/mol. The second kappa shape index (κ2) is 10.0. The lowest BCUT2D eigenvalue weighted by molar-refractivity contribution is 0.0551. The van der Waals surface area contributed by atoms with E-state index in [4.69, 9.17) is 9.84 Å². The number of carbonyl (C=O) groups excluding carboxylic acids is 1. The number of anilines is 1. The SMILES string of the molecule is CN(C)S(=O)(=O)c1ccc(NCCO)c(C(=O)OC/C=C/c2ccccc2)c1. The molecule has 8 heteroatoms. The molecule has 0 amide bonds. The standard InChI is InChI=1S/C20H24N2O5S/c1-22(2)28(25,26)17-10-11-19(21-12-13-23)18(15-17)20(24)27-14-6-9-16-7-4-3-5-8-16/h3-11,15,21,23H,12-14H2,1-2H3/b9-6+. The Balaban J connectivity index is 2.19. The summed E-state index contributed by atoms with van der Waals surface area (Å²) in [6.07, 6.45) is 3.53. The number of ether oxygens (including phenoxy) is 1.